The van der Waals surface area contributed by atoms with Gasteiger partial charge in [0.2, 0.25) is 5.91 Å². The molecule has 1 amide bonds. The van der Waals surface area contributed by atoms with Crippen LogP contribution in [0.5, 0.6) is 0 Å². The highest BCUT2D eigenvalue weighted by Crippen LogP contribution is 2.46. The Hall–Kier alpha value is -2.19. The molecular weight excluding hydrogens is 655 g/mol. The van der Waals surface area contributed by atoms with Gasteiger partial charge in [0.15, 0.2) is 22.9 Å². The molecular formula is C32H61N5O9Si2. The lowest BCUT2D eigenvalue weighted by atomic mass is 9.99. The molecule has 7 atom stereocenters. The monoisotopic (exact) mass is 715 g/mol. The summed E-state index contributed by atoms with van der Waals surface area (Å²) in [5.74, 6) is -1.33. The molecule has 0 aromatic carbocycles. The normalized spacial score (nSPS) is 22.8. The van der Waals surface area contributed by atoms with E-state index in [-0.39, 0.29) is 35.0 Å². The summed E-state index contributed by atoms with van der Waals surface area (Å²) in [5, 5.41) is 27.2. The van der Waals surface area contributed by atoms with Gasteiger partial charge in [-0.05, 0) is 61.6 Å². The number of carbonyl (C=O) groups excluding carboxylic acids is 1. The molecule has 0 saturated carbocycles. The molecule has 2 rings (SSSR count). The number of nitrogens with zero attached hydrogens (tertiary/aromatic N) is 1. The predicted octanol–water partition coefficient (Wildman–Crippen LogP) is 2.50. The van der Waals surface area contributed by atoms with Crippen LogP contribution < -0.4 is 27.6 Å². The summed E-state index contributed by atoms with van der Waals surface area (Å²) in [6, 6.07) is -0.926. The molecule has 1 aromatic rings. The van der Waals surface area contributed by atoms with Crippen molar-refractivity contribution in [3.63, 3.8) is 0 Å². The number of nitrogens with one attached hydrogen (secondary N) is 3. The molecule has 1 aliphatic heterocycles. The third-order valence-electron chi connectivity index (χ3n) is 9.85. The van der Waals surface area contributed by atoms with E-state index in [0.717, 1.165) is 0 Å². The number of hydrogen-bond donors (Lipinski definition) is 6. The smallest absolute Gasteiger partial charge is 0.330 e. The second-order valence-electron chi connectivity index (χ2n) is 16.3. The van der Waals surface area contributed by atoms with Crippen LogP contribution in [0.25, 0.3) is 0 Å². The van der Waals surface area contributed by atoms with E-state index in [2.05, 4.69) is 57.2 Å². The van der Waals surface area contributed by atoms with Gasteiger partial charge < -0.3 is 40.2 Å². The lowest BCUT2D eigenvalue weighted by Gasteiger charge is -2.44. The molecule has 1 aromatic heterocycles. The Morgan fingerprint density at radius 2 is 1.56 bits per heavy atom. The van der Waals surface area contributed by atoms with Gasteiger partial charge in [-0.3, -0.25) is 23.9 Å². The van der Waals surface area contributed by atoms with Crippen LogP contribution in [0.1, 0.15) is 74.5 Å². The van der Waals surface area contributed by atoms with Crippen molar-refractivity contribution in [1.82, 2.24) is 20.2 Å². The first kappa shape index (κ1) is 42.0. The summed E-state index contributed by atoms with van der Waals surface area (Å²) in [5.41, 5.74) is 4.63. The Bertz CT molecular complexity index is 1350. The number of nitrogens with two attached hydrogens (primary N) is 1. The molecule has 1 aliphatic rings. The van der Waals surface area contributed by atoms with Crippen LogP contribution in [0.4, 0.5) is 0 Å². The van der Waals surface area contributed by atoms with Crippen molar-refractivity contribution < 1.29 is 33.4 Å². The molecule has 1 saturated heterocycles. The second-order valence-corrected chi connectivity index (χ2v) is 25.8. The molecule has 276 valence electrons. The van der Waals surface area contributed by atoms with E-state index in [9.17, 15) is 29.4 Å². The maximum absolute atomic E-state index is 13.1. The first-order valence-corrected chi connectivity index (χ1v) is 22.6. The number of carbonyl (C=O) groups is 2. The van der Waals surface area contributed by atoms with Gasteiger partial charge in [-0.1, -0.05) is 55.4 Å². The molecule has 0 radical (unpaired) electrons. The summed E-state index contributed by atoms with van der Waals surface area (Å²) >= 11 is 0. The van der Waals surface area contributed by atoms with Gasteiger partial charge in [0.1, 0.15) is 30.5 Å². The fourth-order valence-corrected chi connectivity index (χ4v) is 7.52. The van der Waals surface area contributed by atoms with E-state index in [0.29, 0.717) is 12.8 Å². The number of aromatic nitrogens is 2. The van der Waals surface area contributed by atoms with Crippen molar-refractivity contribution in [3.8, 4) is 0 Å². The van der Waals surface area contributed by atoms with E-state index in [1.165, 1.54) is 16.8 Å². The quantitative estimate of drug-likeness (QED) is 0.108. The van der Waals surface area contributed by atoms with E-state index in [1.807, 2.05) is 40.0 Å². The number of carboxylic acids is 1. The van der Waals surface area contributed by atoms with E-state index in [4.69, 9.17) is 19.3 Å². The number of rotatable bonds is 16. The number of carboxylic acid groups (broad SMARTS) is 1. The van der Waals surface area contributed by atoms with Gasteiger partial charge in [-0.15, -0.1) is 0 Å². The number of aromatic amines is 1. The van der Waals surface area contributed by atoms with E-state index >= 15 is 0 Å². The summed E-state index contributed by atoms with van der Waals surface area (Å²) in [7, 11) is -5.22. The highest BCUT2D eigenvalue weighted by Gasteiger charge is 2.57. The SMILES string of the molecule is CC(C)C[C@H](N)C(=O)NCCCN[C@H](C(=O)O)[C@@H](O)C1O[C@@H](n2ccc(=O)[nH]c2=O)[C@H](O[Si](C)(C)C(C)(C)C)[C@@H]1O[Si](C)(C)C(C)(C)C. The minimum absolute atomic E-state index is 0.154. The lowest BCUT2D eigenvalue weighted by molar-refractivity contribution is -0.149. The molecule has 0 bridgehead atoms. The molecule has 1 fully saturated rings. The Morgan fingerprint density at radius 1 is 1.02 bits per heavy atom. The van der Waals surface area contributed by atoms with E-state index in [1.54, 1.807) is 0 Å². The zero-order chi connectivity index (χ0) is 37.0. The number of amides is 1. The van der Waals surface area contributed by atoms with Crippen LogP contribution in [-0.4, -0.2) is 97.9 Å². The zero-order valence-electron chi connectivity index (χ0n) is 30.9. The number of ether oxygens (including phenoxy) is 1. The summed E-state index contributed by atoms with van der Waals surface area (Å²) in [6.07, 6.45) is -3.69. The summed E-state index contributed by atoms with van der Waals surface area (Å²) in [6.45, 7) is 24.9. The van der Waals surface area contributed by atoms with Crippen molar-refractivity contribution >= 4 is 28.5 Å². The minimum atomic E-state index is -2.62. The number of hydrogen-bond acceptors (Lipinski definition) is 10. The second kappa shape index (κ2) is 16.2. The molecule has 7 N–H and O–H groups in total. The Balaban J connectivity index is 2.49. The maximum Gasteiger partial charge on any atom is 0.330 e. The standard InChI is InChI=1S/C32H61N5O9Si2/c1-19(2)18-20(33)27(40)35-16-13-15-34-22(29(41)42)23(39)24-25(45-47(9,10)31(3,4)5)26(46-48(11,12)32(6,7)8)28(44-24)37-17-14-21(38)36-30(37)43/h14,17,19-20,22-26,28,34,39H,13,15-16,18,33H2,1-12H3,(H,35,40)(H,41,42)(H,36,38,43)/t20-,22-,23+,24?,25+,26+,28+/m0/s1. The van der Waals surface area contributed by atoms with Gasteiger partial charge in [0.05, 0.1) is 6.04 Å². The van der Waals surface area contributed by atoms with E-state index < -0.39 is 76.6 Å². The Labute approximate surface area is 286 Å². The largest absolute Gasteiger partial charge is 0.480 e. The van der Waals surface area contributed by atoms with Crippen LogP contribution in [0, 0.1) is 5.92 Å². The highest BCUT2D eigenvalue weighted by molar-refractivity contribution is 6.74. The number of aliphatic hydroxyl groups excluding tert-OH is 1. The third kappa shape index (κ3) is 10.7. The van der Waals surface area contributed by atoms with Gasteiger partial charge in [0.25, 0.3) is 5.56 Å². The van der Waals surface area contributed by atoms with Crippen molar-refractivity contribution in [2.45, 2.75) is 147 Å². The first-order chi connectivity index (χ1) is 21.8. The fourth-order valence-electron chi connectivity index (χ4n) is 4.93. The molecule has 1 unspecified atom stereocenters. The number of aliphatic carboxylic acids is 1. The molecule has 0 aliphatic carbocycles. The highest BCUT2D eigenvalue weighted by atomic mass is 28.4. The fraction of sp³-hybridized carbons (Fsp3) is 0.812. The molecule has 48 heavy (non-hydrogen) atoms. The zero-order valence-corrected chi connectivity index (χ0v) is 32.9. The molecule has 0 spiro atoms. The van der Waals surface area contributed by atoms with Gasteiger partial charge in [0, 0.05) is 18.8 Å². The van der Waals surface area contributed by atoms with Crippen molar-refractivity contribution in [1.29, 1.82) is 0 Å². The Morgan fingerprint density at radius 3 is 2.04 bits per heavy atom. The molecule has 14 nitrogen and oxygen atoms in total. The van der Waals surface area contributed by atoms with Crippen LogP contribution in [-0.2, 0) is 23.2 Å². The third-order valence-corrected chi connectivity index (χ3v) is 18.8. The van der Waals surface area contributed by atoms with Gasteiger partial charge in [-0.25, -0.2) is 4.79 Å². The van der Waals surface area contributed by atoms with Crippen LogP contribution >= 0.6 is 0 Å². The Kier molecular flexibility index (Phi) is 14.2. The lowest BCUT2D eigenvalue weighted by Crippen LogP contribution is -2.58. The van der Waals surface area contributed by atoms with Crippen LogP contribution in [0.2, 0.25) is 36.3 Å². The van der Waals surface area contributed by atoms with Gasteiger partial charge in [-0.2, -0.15) is 0 Å². The van der Waals surface area contributed by atoms with Crippen molar-refractivity contribution in [2.75, 3.05) is 13.1 Å². The average Bonchev–Trinajstić information content (AvgIpc) is 3.24. The summed E-state index contributed by atoms with van der Waals surface area (Å²) < 4.78 is 21.5. The predicted molar refractivity (Wildman–Crippen MR) is 190 cm³/mol. The molecule has 16 heteroatoms. The topological polar surface area (TPSA) is 207 Å². The van der Waals surface area contributed by atoms with Crippen LogP contribution in [0.3, 0.4) is 0 Å². The van der Waals surface area contributed by atoms with Gasteiger partial charge >= 0.3 is 11.7 Å². The van der Waals surface area contributed by atoms with Crippen molar-refractivity contribution in [2.24, 2.45) is 11.7 Å². The number of H-pyrrole nitrogens is 1. The number of aliphatic hydroxyl groups is 1. The first-order valence-electron chi connectivity index (χ1n) is 16.8. The minimum Gasteiger partial charge on any atom is -0.480 e. The van der Waals surface area contributed by atoms with Crippen LogP contribution in [0.15, 0.2) is 21.9 Å². The molecule has 2 heterocycles. The average molecular weight is 716 g/mol. The van der Waals surface area contributed by atoms with Crippen molar-refractivity contribution in [3.05, 3.63) is 33.1 Å². The summed E-state index contributed by atoms with van der Waals surface area (Å²) in [4.78, 5) is 52.2. The maximum atomic E-state index is 13.1.